The normalized spacial score (nSPS) is 22.1. The van der Waals surface area contributed by atoms with Crippen LogP contribution in [0.4, 0.5) is 10.2 Å². The number of anilines is 1. The van der Waals surface area contributed by atoms with Crippen LogP contribution < -0.4 is 15.0 Å². The Hall–Kier alpha value is -2.00. The molecule has 2 aromatic heterocycles. The fourth-order valence-electron chi connectivity index (χ4n) is 4.49. The highest BCUT2D eigenvalue weighted by Crippen LogP contribution is 2.44. The number of halogens is 1. The molecule has 1 N–H and O–H groups in total. The Labute approximate surface area is 188 Å². The van der Waals surface area contributed by atoms with Crippen LogP contribution in [0.5, 0.6) is 0 Å². The fourth-order valence-corrected chi connectivity index (χ4v) is 5.36. The largest absolute Gasteiger partial charge is 0.353 e. The van der Waals surface area contributed by atoms with E-state index in [0.717, 1.165) is 21.0 Å². The summed E-state index contributed by atoms with van der Waals surface area (Å²) < 4.78 is 15.0. The van der Waals surface area contributed by atoms with Gasteiger partial charge in [0, 0.05) is 49.2 Å². The quantitative estimate of drug-likeness (QED) is 0.698. The van der Waals surface area contributed by atoms with E-state index in [0.29, 0.717) is 50.9 Å². The Balaban J connectivity index is 1.46. The minimum Gasteiger partial charge on any atom is -0.353 e. The topological polar surface area (TPSA) is 61.4 Å². The van der Waals surface area contributed by atoms with Gasteiger partial charge in [0.1, 0.15) is 26.2 Å². The number of nitrogens with zero attached hydrogens (tertiary/aromatic N) is 4. The maximum absolute atomic E-state index is 14.3. The Morgan fingerprint density at radius 3 is 2.68 bits per heavy atom. The molecule has 0 unspecified atom stereocenters. The maximum atomic E-state index is 14.3. The number of thiophene rings is 1. The molecule has 0 spiro atoms. The van der Waals surface area contributed by atoms with Crippen LogP contribution in [0.1, 0.15) is 61.3 Å². The van der Waals surface area contributed by atoms with Gasteiger partial charge >= 0.3 is 0 Å². The molecule has 1 amide bonds. The minimum atomic E-state index is -1.01. The third-order valence-corrected chi connectivity index (χ3v) is 7.18. The van der Waals surface area contributed by atoms with Crippen molar-refractivity contribution < 1.29 is 9.18 Å². The SMILES string of the molecule is [B]c1ccc([C@@H](CNC(C)C)C(=O)N2CCN(c3ncnc4c3[C@H](C)C[C@@H]4F)CC2)s1. The second-order valence-corrected chi connectivity index (χ2v) is 9.92. The molecule has 6 nitrogen and oxygen atoms in total. The Morgan fingerprint density at radius 1 is 1.29 bits per heavy atom. The van der Waals surface area contributed by atoms with E-state index in [1.54, 1.807) is 0 Å². The number of piperazine rings is 1. The molecule has 1 fully saturated rings. The van der Waals surface area contributed by atoms with Gasteiger partial charge in [-0.1, -0.05) is 26.8 Å². The second kappa shape index (κ2) is 9.24. The van der Waals surface area contributed by atoms with Gasteiger partial charge in [0.2, 0.25) is 5.91 Å². The number of amides is 1. The van der Waals surface area contributed by atoms with Gasteiger partial charge in [-0.3, -0.25) is 4.79 Å². The van der Waals surface area contributed by atoms with Crippen molar-refractivity contribution in [3.8, 4) is 0 Å². The molecule has 0 aromatic carbocycles. The molecule has 3 heterocycles. The maximum Gasteiger partial charge on any atom is 0.232 e. The molecule has 0 bridgehead atoms. The van der Waals surface area contributed by atoms with Crippen molar-refractivity contribution in [3.63, 3.8) is 0 Å². The van der Waals surface area contributed by atoms with Gasteiger partial charge in [-0.25, -0.2) is 14.4 Å². The van der Waals surface area contributed by atoms with Crippen LogP contribution in [0.15, 0.2) is 18.5 Å². The Kier molecular flexibility index (Phi) is 6.62. The van der Waals surface area contributed by atoms with Gasteiger partial charge in [-0.05, 0) is 23.2 Å². The van der Waals surface area contributed by atoms with Gasteiger partial charge in [0.25, 0.3) is 0 Å². The van der Waals surface area contributed by atoms with Crippen molar-refractivity contribution in [1.29, 1.82) is 0 Å². The van der Waals surface area contributed by atoms with E-state index >= 15 is 0 Å². The van der Waals surface area contributed by atoms with Crippen LogP contribution in [-0.4, -0.2) is 67.4 Å². The second-order valence-electron chi connectivity index (χ2n) is 8.77. The molecular formula is C22H29BFN5OS. The standard InChI is InChI=1S/C22H29BFN5OS/c1-13(2)25-11-15(17-4-5-18(23)31-17)22(30)29-8-6-28(7-9-29)21-19-14(3)10-16(24)20(19)26-12-27-21/h4-5,12-16,25H,6-11H2,1-3H3/t14-,15-,16+/m1/s1. The van der Waals surface area contributed by atoms with Crippen molar-refractivity contribution >= 4 is 35.7 Å². The first-order valence-electron chi connectivity index (χ1n) is 11.0. The molecule has 2 radical (unpaired) electrons. The predicted octanol–water partition coefficient (Wildman–Crippen LogP) is 2.28. The Morgan fingerprint density at radius 2 is 2.03 bits per heavy atom. The average Bonchev–Trinajstić information content (AvgIpc) is 3.31. The van der Waals surface area contributed by atoms with E-state index in [1.165, 1.54) is 17.7 Å². The van der Waals surface area contributed by atoms with Gasteiger partial charge in [0.05, 0.1) is 11.6 Å². The molecule has 0 saturated carbocycles. The van der Waals surface area contributed by atoms with Crippen molar-refractivity contribution in [1.82, 2.24) is 20.2 Å². The highest BCUT2D eigenvalue weighted by Gasteiger charge is 2.36. The zero-order chi connectivity index (χ0) is 22.1. The van der Waals surface area contributed by atoms with E-state index < -0.39 is 6.17 Å². The van der Waals surface area contributed by atoms with Gasteiger partial charge in [-0.2, -0.15) is 11.3 Å². The summed E-state index contributed by atoms with van der Waals surface area (Å²) in [5.74, 6) is 0.817. The first-order chi connectivity index (χ1) is 14.8. The smallest absolute Gasteiger partial charge is 0.232 e. The van der Waals surface area contributed by atoms with E-state index in [9.17, 15) is 9.18 Å². The molecular weight excluding hydrogens is 412 g/mol. The number of aromatic nitrogens is 2. The summed E-state index contributed by atoms with van der Waals surface area (Å²) in [5, 5.41) is 3.40. The van der Waals surface area contributed by atoms with E-state index in [-0.39, 0.29) is 17.7 Å². The number of hydrogen-bond donors (Lipinski definition) is 1. The molecule has 3 atom stereocenters. The summed E-state index contributed by atoms with van der Waals surface area (Å²) in [6.45, 7) is 9.35. The van der Waals surface area contributed by atoms with Crippen molar-refractivity contribution in [2.24, 2.45) is 0 Å². The van der Waals surface area contributed by atoms with Crippen LogP contribution in [0.2, 0.25) is 0 Å². The number of carbonyl (C=O) groups excluding carboxylic acids is 1. The monoisotopic (exact) mass is 441 g/mol. The number of fused-ring (bicyclic) bond motifs is 1. The Bertz CT molecular complexity index is 930. The van der Waals surface area contributed by atoms with Crippen LogP contribution in [-0.2, 0) is 4.79 Å². The zero-order valence-electron chi connectivity index (χ0n) is 18.3. The average molecular weight is 441 g/mol. The minimum absolute atomic E-state index is 0.108. The first kappa shape index (κ1) is 22.2. The number of hydrogen-bond acceptors (Lipinski definition) is 6. The summed E-state index contributed by atoms with van der Waals surface area (Å²) >= 11 is 1.48. The van der Waals surface area contributed by atoms with Gasteiger partial charge in [0.15, 0.2) is 0 Å². The zero-order valence-corrected chi connectivity index (χ0v) is 19.2. The lowest BCUT2D eigenvalue weighted by atomic mass is 10.0. The van der Waals surface area contributed by atoms with E-state index in [4.69, 9.17) is 7.85 Å². The molecule has 164 valence electrons. The number of alkyl halides is 1. The molecule has 1 aliphatic heterocycles. The molecule has 1 saturated heterocycles. The third kappa shape index (κ3) is 4.62. The third-order valence-electron chi connectivity index (χ3n) is 6.15. The van der Waals surface area contributed by atoms with Crippen LogP contribution in [0, 0.1) is 0 Å². The lowest BCUT2D eigenvalue weighted by molar-refractivity contribution is -0.133. The van der Waals surface area contributed by atoms with Crippen molar-refractivity contribution in [2.45, 2.75) is 51.2 Å². The lowest BCUT2D eigenvalue weighted by Crippen LogP contribution is -2.51. The number of rotatable bonds is 6. The van der Waals surface area contributed by atoms with E-state index in [2.05, 4.69) is 34.0 Å². The highest BCUT2D eigenvalue weighted by molar-refractivity contribution is 7.20. The van der Waals surface area contributed by atoms with Gasteiger partial charge < -0.3 is 15.1 Å². The van der Waals surface area contributed by atoms with Crippen LogP contribution >= 0.6 is 11.3 Å². The number of nitrogens with one attached hydrogen (secondary N) is 1. The lowest BCUT2D eigenvalue weighted by Gasteiger charge is -2.38. The summed E-state index contributed by atoms with van der Waals surface area (Å²) in [7, 11) is 5.93. The molecule has 4 rings (SSSR count). The van der Waals surface area contributed by atoms with Crippen molar-refractivity contribution in [2.75, 3.05) is 37.6 Å². The highest BCUT2D eigenvalue weighted by atomic mass is 32.1. The summed E-state index contributed by atoms with van der Waals surface area (Å²) in [6.07, 6.45) is 0.918. The first-order valence-corrected chi connectivity index (χ1v) is 11.8. The molecule has 1 aliphatic carbocycles. The molecule has 2 aliphatic rings. The van der Waals surface area contributed by atoms with E-state index in [1.807, 2.05) is 24.0 Å². The number of carbonyl (C=O) groups is 1. The summed E-state index contributed by atoms with van der Waals surface area (Å²) in [6, 6.07) is 4.12. The van der Waals surface area contributed by atoms with Crippen LogP contribution in [0.25, 0.3) is 0 Å². The van der Waals surface area contributed by atoms with Gasteiger partial charge in [-0.15, -0.1) is 0 Å². The van der Waals surface area contributed by atoms with Crippen molar-refractivity contribution in [3.05, 3.63) is 34.6 Å². The predicted molar refractivity (Wildman–Crippen MR) is 123 cm³/mol. The molecule has 31 heavy (non-hydrogen) atoms. The summed E-state index contributed by atoms with van der Waals surface area (Å²) in [5.41, 5.74) is 1.47. The summed E-state index contributed by atoms with van der Waals surface area (Å²) in [4.78, 5) is 27.2. The van der Waals surface area contributed by atoms with Crippen LogP contribution in [0.3, 0.4) is 0 Å². The molecule has 9 heteroatoms. The molecule has 2 aromatic rings. The fraction of sp³-hybridized carbons (Fsp3) is 0.591.